The smallest absolute Gasteiger partial charge is 0.287 e. The second kappa shape index (κ2) is 9.10. The Labute approximate surface area is 173 Å². The first-order valence-electron chi connectivity index (χ1n) is 10.0. The molecule has 0 spiro atoms. The van der Waals surface area contributed by atoms with E-state index in [2.05, 4.69) is 62.2 Å². The van der Waals surface area contributed by atoms with Crippen LogP contribution < -0.4 is 5.32 Å². The number of furan rings is 1. The lowest BCUT2D eigenvalue weighted by molar-refractivity contribution is 0.0903. The van der Waals surface area contributed by atoms with Crippen LogP contribution in [0, 0.1) is 6.92 Å². The Kier molecular flexibility index (Phi) is 6.55. The normalized spacial score (nSPS) is 11.6. The molecule has 0 aliphatic heterocycles. The lowest BCUT2D eigenvalue weighted by atomic mass is 10.0. The van der Waals surface area contributed by atoms with Crippen LogP contribution in [0.15, 0.2) is 71.1 Å². The van der Waals surface area contributed by atoms with Crippen molar-refractivity contribution in [2.75, 3.05) is 0 Å². The summed E-state index contributed by atoms with van der Waals surface area (Å²) in [5, 5.41) is 2.91. The maximum absolute atomic E-state index is 12.4. The molecule has 3 aromatic rings. The van der Waals surface area contributed by atoms with Crippen LogP contribution in [0.1, 0.15) is 53.8 Å². The number of rotatable bonds is 7. The van der Waals surface area contributed by atoms with Gasteiger partial charge in [-0.2, -0.15) is 0 Å². The molecule has 0 aliphatic carbocycles. The van der Waals surface area contributed by atoms with Crippen molar-refractivity contribution >= 4 is 5.91 Å². The molecular formula is C25H30N2O2. The van der Waals surface area contributed by atoms with Gasteiger partial charge < -0.3 is 9.73 Å². The first-order chi connectivity index (χ1) is 13.8. The molecule has 0 saturated carbocycles. The number of carbonyl (C=O) groups is 1. The Bertz CT molecular complexity index is 939. The van der Waals surface area contributed by atoms with Gasteiger partial charge in [-0.3, -0.25) is 9.69 Å². The summed E-state index contributed by atoms with van der Waals surface area (Å²) in [5.41, 5.74) is 3.55. The van der Waals surface area contributed by atoms with E-state index in [-0.39, 0.29) is 11.4 Å². The molecule has 0 radical (unpaired) electrons. The van der Waals surface area contributed by atoms with Gasteiger partial charge in [0.05, 0.1) is 6.54 Å². The largest absolute Gasteiger partial charge is 0.455 e. The van der Waals surface area contributed by atoms with Crippen LogP contribution in [-0.4, -0.2) is 16.3 Å². The van der Waals surface area contributed by atoms with E-state index in [4.69, 9.17) is 4.42 Å². The van der Waals surface area contributed by atoms with E-state index in [1.54, 1.807) is 6.07 Å². The van der Waals surface area contributed by atoms with Crippen LogP contribution >= 0.6 is 0 Å². The molecule has 152 valence electrons. The van der Waals surface area contributed by atoms with Gasteiger partial charge in [0.15, 0.2) is 5.76 Å². The van der Waals surface area contributed by atoms with Crippen molar-refractivity contribution in [1.29, 1.82) is 0 Å². The quantitative estimate of drug-likeness (QED) is 0.594. The Hall–Kier alpha value is -2.85. The van der Waals surface area contributed by atoms with E-state index in [0.29, 0.717) is 18.8 Å². The van der Waals surface area contributed by atoms with Crippen molar-refractivity contribution in [3.63, 3.8) is 0 Å². The van der Waals surface area contributed by atoms with Gasteiger partial charge in [-0.25, -0.2) is 0 Å². The molecule has 4 nitrogen and oxygen atoms in total. The van der Waals surface area contributed by atoms with Crippen molar-refractivity contribution < 1.29 is 9.21 Å². The van der Waals surface area contributed by atoms with E-state index in [1.807, 2.05) is 36.4 Å². The zero-order valence-corrected chi connectivity index (χ0v) is 17.7. The van der Waals surface area contributed by atoms with Crippen LogP contribution in [-0.2, 0) is 19.6 Å². The van der Waals surface area contributed by atoms with E-state index >= 15 is 0 Å². The number of benzene rings is 2. The molecule has 1 amide bonds. The molecular weight excluding hydrogens is 360 g/mol. The maximum atomic E-state index is 12.4. The molecule has 0 bridgehead atoms. The summed E-state index contributed by atoms with van der Waals surface area (Å²) in [7, 11) is 0. The predicted octanol–water partition coefficient (Wildman–Crippen LogP) is 5.32. The summed E-state index contributed by atoms with van der Waals surface area (Å²) in [4.78, 5) is 14.8. The zero-order chi connectivity index (χ0) is 20.9. The monoisotopic (exact) mass is 390 g/mol. The summed E-state index contributed by atoms with van der Waals surface area (Å²) < 4.78 is 5.87. The third-order valence-corrected chi connectivity index (χ3v) is 4.93. The third kappa shape index (κ3) is 6.06. The first-order valence-corrected chi connectivity index (χ1v) is 10.0. The molecule has 1 aromatic heterocycles. The fourth-order valence-electron chi connectivity index (χ4n) is 3.20. The highest BCUT2D eigenvalue weighted by Crippen LogP contribution is 2.22. The highest BCUT2D eigenvalue weighted by Gasteiger charge is 2.23. The predicted molar refractivity (Wildman–Crippen MR) is 116 cm³/mol. The fraction of sp³-hybridized carbons (Fsp3) is 0.320. The molecule has 29 heavy (non-hydrogen) atoms. The van der Waals surface area contributed by atoms with Gasteiger partial charge in [0.1, 0.15) is 5.76 Å². The highest BCUT2D eigenvalue weighted by atomic mass is 16.4. The van der Waals surface area contributed by atoms with Crippen LogP contribution in [0.25, 0.3) is 0 Å². The van der Waals surface area contributed by atoms with Crippen molar-refractivity contribution in [1.82, 2.24) is 10.2 Å². The molecule has 2 aromatic carbocycles. The second-order valence-electron chi connectivity index (χ2n) is 8.45. The number of hydrogen-bond donors (Lipinski definition) is 1. The summed E-state index contributed by atoms with van der Waals surface area (Å²) in [6.45, 7) is 10.6. The minimum atomic E-state index is -0.193. The van der Waals surface area contributed by atoms with Crippen molar-refractivity contribution in [3.8, 4) is 0 Å². The van der Waals surface area contributed by atoms with E-state index < -0.39 is 0 Å². The molecule has 4 heteroatoms. The number of amides is 1. The Morgan fingerprint density at radius 3 is 2.34 bits per heavy atom. The van der Waals surface area contributed by atoms with Crippen LogP contribution in [0.4, 0.5) is 0 Å². The number of hydrogen-bond acceptors (Lipinski definition) is 3. The summed E-state index contributed by atoms with van der Waals surface area (Å²) >= 11 is 0. The SMILES string of the molecule is Cc1cccc(CN(Cc2ccc(C(=O)NCc3ccccc3)o2)C(C)(C)C)c1. The Morgan fingerprint density at radius 2 is 1.66 bits per heavy atom. The number of nitrogens with one attached hydrogen (secondary N) is 1. The topological polar surface area (TPSA) is 45.5 Å². The molecule has 3 rings (SSSR count). The van der Waals surface area contributed by atoms with E-state index in [0.717, 1.165) is 17.9 Å². The third-order valence-electron chi connectivity index (χ3n) is 4.93. The minimum Gasteiger partial charge on any atom is -0.455 e. The maximum Gasteiger partial charge on any atom is 0.287 e. The Morgan fingerprint density at radius 1 is 0.931 bits per heavy atom. The van der Waals surface area contributed by atoms with Gasteiger partial charge in [0.25, 0.3) is 5.91 Å². The van der Waals surface area contributed by atoms with Gasteiger partial charge in [-0.1, -0.05) is 60.2 Å². The van der Waals surface area contributed by atoms with Crippen molar-refractivity contribution in [2.45, 2.75) is 52.9 Å². The molecule has 0 fully saturated rings. The van der Waals surface area contributed by atoms with Gasteiger partial charge >= 0.3 is 0 Å². The zero-order valence-electron chi connectivity index (χ0n) is 17.7. The highest BCUT2D eigenvalue weighted by molar-refractivity contribution is 5.91. The standard InChI is InChI=1S/C25H30N2O2/c1-19-9-8-12-21(15-19)17-27(25(2,3)4)18-22-13-14-23(29-22)24(28)26-16-20-10-6-5-7-11-20/h5-15H,16-18H2,1-4H3,(H,26,28). The summed E-state index contributed by atoms with van der Waals surface area (Å²) in [6, 6.07) is 22.1. The summed E-state index contributed by atoms with van der Waals surface area (Å²) in [5.74, 6) is 0.943. The van der Waals surface area contributed by atoms with Crippen LogP contribution in [0.5, 0.6) is 0 Å². The number of nitrogens with zero attached hydrogens (tertiary/aromatic N) is 1. The van der Waals surface area contributed by atoms with Gasteiger partial charge in [0, 0.05) is 18.6 Å². The molecule has 1 N–H and O–H groups in total. The fourth-order valence-corrected chi connectivity index (χ4v) is 3.20. The van der Waals surface area contributed by atoms with Crippen LogP contribution in [0.2, 0.25) is 0 Å². The average molecular weight is 391 g/mol. The lowest BCUT2D eigenvalue weighted by Crippen LogP contribution is -2.40. The minimum absolute atomic E-state index is 0.0354. The van der Waals surface area contributed by atoms with Gasteiger partial charge in [0.2, 0.25) is 0 Å². The molecule has 0 aliphatic rings. The summed E-state index contributed by atoms with van der Waals surface area (Å²) in [6.07, 6.45) is 0. The van der Waals surface area contributed by atoms with Crippen LogP contribution in [0.3, 0.4) is 0 Å². The van der Waals surface area contributed by atoms with Gasteiger partial charge in [-0.05, 0) is 51.0 Å². The average Bonchev–Trinajstić information content (AvgIpc) is 3.14. The first kappa shape index (κ1) is 20.9. The second-order valence-corrected chi connectivity index (χ2v) is 8.45. The molecule has 0 atom stereocenters. The number of carbonyl (C=O) groups excluding carboxylic acids is 1. The number of aryl methyl sites for hydroxylation is 1. The van der Waals surface area contributed by atoms with Gasteiger partial charge in [-0.15, -0.1) is 0 Å². The Balaban J connectivity index is 1.65. The molecule has 0 unspecified atom stereocenters. The lowest BCUT2D eigenvalue weighted by Gasteiger charge is -2.35. The van der Waals surface area contributed by atoms with Crippen molar-refractivity contribution in [3.05, 3.63) is 94.9 Å². The van der Waals surface area contributed by atoms with E-state index in [1.165, 1.54) is 11.1 Å². The molecule has 0 saturated heterocycles. The van der Waals surface area contributed by atoms with E-state index in [9.17, 15) is 4.79 Å². The van der Waals surface area contributed by atoms with Crippen molar-refractivity contribution in [2.24, 2.45) is 0 Å². The molecule has 1 heterocycles.